The van der Waals surface area contributed by atoms with Gasteiger partial charge in [-0.05, 0) is 43.2 Å². The lowest BCUT2D eigenvalue weighted by atomic mass is 10.0. The summed E-state index contributed by atoms with van der Waals surface area (Å²) in [4.78, 5) is 39.1. The fourth-order valence-corrected chi connectivity index (χ4v) is 3.73. The Bertz CT molecular complexity index is 990. The van der Waals surface area contributed by atoms with E-state index in [0.29, 0.717) is 30.2 Å². The number of ether oxygens (including phenoxy) is 3. The van der Waals surface area contributed by atoms with Crippen LogP contribution in [0, 0.1) is 0 Å². The first kappa shape index (κ1) is 23.1. The minimum atomic E-state index is -0.554. The first-order chi connectivity index (χ1) is 15.5. The molecule has 8 heteroatoms. The molecule has 2 aromatic carbocycles. The van der Waals surface area contributed by atoms with E-state index in [1.807, 2.05) is 31.2 Å². The summed E-state index contributed by atoms with van der Waals surface area (Å²) in [6.45, 7) is 4.47. The number of benzene rings is 2. The molecule has 0 unspecified atom stereocenters. The lowest BCUT2D eigenvalue weighted by Gasteiger charge is -2.28. The number of hydrogen-bond acceptors (Lipinski definition) is 6. The average Bonchev–Trinajstić information content (AvgIpc) is 3.13. The van der Waals surface area contributed by atoms with E-state index in [0.717, 1.165) is 11.1 Å². The first-order valence-electron chi connectivity index (χ1n) is 10.6. The Balaban J connectivity index is 1.88. The van der Waals surface area contributed by atoms with Crippen molar-refractivity contribution in [1.29, 1.82) is 0 Å². The Morgan fingerprint density at radius 3 is 2.56 bits per heavy atom. The highest BCUT2D eigenvalue weighted by Crippen LogP contribution is 2.37. The van der Waals surface area contributed by atoms with Gasteiger partial charge in [-0.2, -0.15) is 0 Å². The van der Waals surface area contributed by atoms with Crippen LogP contribution in [-0.4, -0.2) is 49.6 Å². The van der Waals surface area contributed by atoms with Crippen LogP contribution in [0.3, 0.4) is 0 Å². The summed E-state index contributed by atoms with van der Waals surface area (Å²) >= 11 is 0. The summed E-state index contributed by atoms with van der Waals surface area (Å²) in [5, 5.41) is 2.58. The smallest absolute Gasteiger partial charge is 0.325 e. The molecule has 0 bridgehead atoms. The van der Waals surface area contributed by atoms with Gasteiger partial charge < -0.3 is 24.4 Å². The molecule has 1 N–H and O–H groups in total. The van der Waals surface area contributed by atoms with Crippen LogP contribution in [0.4, 0.5) is 0 Å². The van der Waals surface area contributed by atoms with Crippen molar-refractivity contribution in [1.82, 2.24) is 10.2 Å². The van der Waals surface area contributed by atoms with Gasteiger partial charge in [-0.25, -0.2) is 0 Å². The van der Waals surface area contributed by atoms with Gasteiger partial charge in [0.2, 0.25) is 5.91 Å². The summed E-state index contributed by atoms with van der Waals surface area (Å²) in [5.41, 5.74) is 2.27. The zero-order chi connectivity index (χ0) is 23.1. The predicted octanol–water partition coefficient (Wildman–Crippen LogP) is 2.86. The molecule has 0 saturated carbocycles. The topological polar surface area (TPSA) is 94.2 Å². The Hall–Kier alpha value is -3.55. The number of methoxy groups -OCH3 is 1. The molecular formula is C24H28N2O6. The molecule has 0 radical (unpaired) electrons. The lowest BCUT2D eigenvalue weighted by molar-refractivity contribution is -0.143. The number of nitrogens with zero attached hydrogens (tertiary/aromatic N) is 1. The van der Waals surface area contributed by atoms with Crippen LogP contribution in [0.25, 0.3) is 0 Å². The second-order valence-electron chi connectivity index (χ2n) is 7.24. The number of carbonyl (C=O) groups is 3. The molecule has 170 valence electrons. The highest BCUT2D eigenvalue weighted by atomic mass is 16.5. The molecule has 0 aromatic heterocycles. The number of amides is 2. The molecule has 2 amide bonds. The summed E-state index contributed by atoms with van der Waals surface area (Å²) in [5.74, 6) is 0.0897. The van der Waals surface area contributed by atoms with Gasteiger partial charge in [0, 0.05) is 12.1 Å². The van der Waals surface area contributed by atoms with Gasteiger partial charge in [-0.3, -0.25) is 14.4 Å². The molecule has 0 saturated heterocycles. The third-order valence-electron chi connectivity index (χ3n) is 5.21. The zero-order valence-electron chi connectivity index (χ0n) is 18.6. The number of hydrogen-bond donors (Lipinski definition) is 1. The van der Waals surface area contributed by atoms with Crippen LogP contribution < -0.4 is 14.8 Å². The van der Waals surface area contributed by atoms with Crippen molar-refractivity contribution in [2.24, 2.45) is 0 Å². The summed E-state index contributed by atoms with van der Waals surface area (Å²) in [6.07, 6.45) is -0.0176. The monoisotopic (exact) mass is 440 g/mol. The van der Waals surface area contributed by atoms with Crippen LogP contribution in [0.15, 0.2) is 42.5 Å². The Kier molecular flexibility index (Phi) is 7.70. The van der Waals surface area contributed by atoms with Gasteiger partial charge >= 0.3 is 5.97 Å². The Morgan fingerprint density at radius 1 is 1.09 bits per heavy atom. The molecule has 1 atom stereocenters. The van der Waals surface area contributed by atoms with Gasteiger partial charge in [0.15, 0.2) is 11.5 Å². The van der Waals surface area contributed by atoms with Crippen molar-refractivity contribution >= 4 is 17.8 Å². The molecule has 8 nitrogen and oxygen atoms in total. The molecule has 3 rings (SSSR count). The summed E-state index contributed by atoms with van der Waals surface area (Å²) in [7, 11) is 1.54. The average molecular weight is 440 g/mol. The minimum Gasteiger partial charge on any atom is -0.493 e. The molecule has 1 aliphatic heterocycles. The highest BCUT2D eigenvalue weighted by Gasteiger charge is 2.35. The number of esters is 1. The first-order valence-corrected chi connectivity index (χ1v) is 10.6. The quantitative estimate of drug-likeness (QED) is 0.571. The number of carbonyl (C=O) groups excluding carboxylic acids is 3. The van der Waals surface area contributed by atoms with Crippen LogP contribution in [-0.2, 0) is 20.9 Å². The van der Waals surface area contributed by atoms with E-state index in [4.69, 9.17) is 14.2 Å². The molecule has 0 fully saturated rings. The maximum Gasteiger partial charge on any atom is 0.325 e. The van der Waals surface area contributed by atoms with Crippen molar-refractivity contribution in [3.63, 3.8) is 0 Å². The van der Waals surface area contributed by atoms with Gasteiger partial charge in [0.1, 0.15) is 6.54 Å². The van der Waals surface area contributed by atoms with Crippen LogP contribution in [0.2, 0.25) is 0 Å². The minimum absolute atomic E-state index is 0.0176. The van der Waals surface area contributed by atoms with E-state index >= 15 is 0 Å². The van der Waals surface area contributed by atoms with E-state index in [-0.39, 0.29) is 31.4 Å². The van der Waals surface area contributed by atoms with E-state index in [2.05, 4.69) is 5.32 Å². The van der Waals surface area contributed by atoms with E-state index in [1.165, 1.54) is 0 Å². The molecule has 0 spiro atoms. The van der Waals surface area contributed by atoms with Crippen LogP contribution in [0.5, 0.6) is 11.5 Å². The molecule has 0 aliphatic carbocycles. The van der Waals surface area contributed by atoms with Crippen LogP contribution >= 0.6 is 0 Å². The normalized spacial score (nSPS) is 13.3. The number of fused-ring (bicyclic) bond motifs is 1. The Morgan fingerprint density at radius 2 is 1.88 bits per heavy atom. The fraction of sp³-hybridized carbons (Fsp3) is 0.375. The van der Waals surface area contributed by atoms with Gasteiger partial charge in [0.25, 0.3) is 5.91 Å². The van der Waals surface area contributed by atoms with Crippen molar-refractivity contribution in [2.75, 3.05) is 26.9 Å². The molecular weight excluding hydrogens is 412 g/mol. The van der Waals surface area contributed by atoms with E-state index < -0.39 is 12.0 Å². The highest BCUT2D eigenvalue weighted by molar-refractivity contribution is 5.99. The van der Waals surface area contributed by atoms with E-state index in [1.54, 1.807) is 37.1 Å². The molecule has 32 heavy (non-hydrogen) atoms. The molecule has 2 aromatic rings. The Labute approximate surface area is 187 Å². The molecule has 1 aliphatic rings. The summed E-state index contributed by atoms with van der Waals surface area (Å²) in [6, 6.07) is 12.2. The lowest BCUT2D eigenvalue weighted by Crippen LogP contribution is -2.36. The van der Waals surface area contributed by atoms with Crippen molar-refractivity contribution in [2.45, 2.75) is 32.9 Å². The summed E-state index contributed by atoms with van der Waals surface area (Å²) < 4.78 is 15.9. The third kappa shape index (κ3) is 5.19. The van der Waals surface area contributed by atoms with Crippen LogP contribution in [0.1, 0.15) is 47.8 Å². The largest absolute Gasteiger partial charge is 0.493 e. The van der Waals surface area contributed by atoms with Crippen molar-refractivity contribution in [3.8, 4) is 11.5 Å². The number of nitrogens with one attached hydrogen (secondary N) is 1. The van der Waals surface area contributed by atoms with Gasteiger partial charge in [0.05, 0.1) is 32.8 Å². The van der Waals surface area contributed by atoms with Crippen molar-refractivity contribution in [3.05, 3.63) is 59.2 Å². The van der Waals surface area contributed by atoms with Crippen molar-refractivity contribution < 1.29 is 28.6 Å². The van der Waals surface area contributed by atoms with Gasteiger partial charge in [-0.15, -0.1) is 0 Å². The zero-order valence-corrected chi connectivity index (χ0v) is 18.6. The second-order valence-corrected chi connectivity index (χ2v) is 7.24. The standard InChI is InChI=1S/C24H28N2O6/c1-4-31-20-11-10-16(12-21(20)30-3)19(13-22(27)25-14-23(28)32-5-2)26-15-17-8-6-7-9-18(17)24(26)29/h6-12,19H,4-5,13-15H2,1-3H3,(H,25,27)/t19-/m1/s1. The maximum atomic E-state index is 13.1. The van der Waals surface area contributed by atoms with E-state index in [9.17, 15) is 14.4 Å². The third-order valence-corrected chi connectivity index (χ3v) is 5.21. The maximum absolute atomic E-state index is 13.1. The van der Waals surface area contributed by atoms with Gasteiger partial charge in [-0.1, -0.05) is 24.3 Å². The fourth-order valence-electron chi connectivity index (χ4n) is 3.73. The predicted molar refractivity (Wildman–Crippen MR) is 117 cm³/mol. The SMILES string of the molecule is CCOC(=O)CNC(=O)C[C@H](c1ccc(OCC)c(OC)c1)N1Cc2ccccc2C1=O. The molecule has 1 heterocycles. The number of rotatable bonds is 10. The second kappa shape index (κ2) is 10.7.